The molecule has 0 spiro atoms. The lowest BCUT2D eigenvalue weighted by atomic mass is 10.2. The third-order valence-corrected chi connectivity index (χ3v) is 7.39. The minimum atomic E-state index is -3.05. The van der Waals surface area contributed by atoms with E-state index in [1.165, 1.54) is 16.7 Å². The molecule has 1 atom stereocenters. The van der Waals surface area contributed by atoms with E-state index in [0.29, 0.717) is 15.6 Å². The lowest BCUT2D eigenvalue weighted by Crippen LogP contribution is -2.39. The summed E-state index contributed by atoms with van der Waals surface area (Å²) in [5, 5.41) is 0. The minimum Gasteiger partial charge on any atom is -0.289 e. The Morgan fingerprint density at radius 3 is 2.73 bits per heavy atom. The van der Waals surface area contributed by atoms with Crippen molar-refractivity contribution in [2.45, 2.75) is 12.5 Å². The number of nitrogens with zero attached hydrogens (tertiary/aromatic N) is 1. The molecule has 1 unspecified atom stereocenters. The smallest absolute Gasteiger partial charge is 0.266 e. The number of amides is 1. The van der Waals surface area contributed by atoms with Crippen LogP contribution in [0.4, 0.5) is 0 Å². The van der Waals surface area contributed by atoms with Gasteiger partial charge in [0.05, 0.1) is 22.5 Å². The van der Waals surface area contributed by atoms with Gasteiger partial charge in [-0.25, -0.2) is 8.42 Å². The van der Waals surface area contributed by atoms with Gasteiger partial charge in [0.1, 0.15) is 4.32 Å². The summed E-state index contributed by atoms with van der Waals surface area (Å²) in [5.74, 6) is -0.0763. The van der Waals surface area contributed by atoms with Gasteiger partial charge in [0.2, 0.25) is 0 Å². The second kappa shape index (κ2) is 6.07. The van der Waals surface area contributed by atoms with Crippen LogP contribution in [-0.4, -0.2) is 41.1 Å². The van der Waals surface area contributed by atoms with Crippen molar-refractivity contribution in [3.8, 4) is 0 Å². The van der Waals surface area contributed by atoms with Gasteiger partial charge in [0.15, 0.2) is 9.84 Å². The number of hydrogen-bond donors (Lipinski definition) is 0. The second-order valence-corrected chi connectivity index (χ2v) is 9.89. The first-order valence-corrected chi connectivity index (χ1v) is 10.4. The number of carbonyl (C=O) groups is 1. The molecule has 22 heavy (non-hydrogen) atoms. The monoisotopic (exact) mass is 417 g/mol. The molecule has 0 bridgehead atoms. The van der Waals surface area contributed by atoms with Gasteiger partial charge in [-0.1, -0.05) is 58.1 Å². The zero-order chi connectivity index (χ0) is 15.9. The summed E-state index contributed by atoms with van der Waals surface area (Å²) >= 11 is 9.95. The highest BCUT2D eigenvalue weighted by atomic mass is 79.9. The van der Waals surface area contributed by atoms with Crippen LogP contribution >= 0.6 is 39.9 Å². The Morgan fingerprint density at radius 1 is 1.36 bits per heavy atom. The zero-order valence-electron chi connectivity index (χ0n) is 11.4. The number of rotatable bonds is 2. The Balaban J connectivity index is 1.88. The second-order valence-electron chi connectivity index (χ2n) is 5.13. The lowest BCUT2D eigenvalue weighted by Gasteiger charge is -2.20. The molecule has 2 fully saturated rings. The van der Waals surface area contributed by atoms with Gasteiger partial charge in [-0.05, 0) is 24.1 Å². The summed E-state index contributed by atoms with van der Waals surface area (Å²) in [6.07, 6.45) is 2.24. The molecule has 2 heterocycles. The van der Waals surface area contributed by atoms with E-state index in [2.05, 4.69) is 15.9 Å². The molecule has 116 valence electrons. The van der Waals surface area contributed by atoms with Crippen LogP contribution in [0.1, 0.15) is 12.0 Å². The molecular weight excluding hydrogens is 406 g/mol. The molecule has 2 aliphatic heterocycles. The molecule has 1 amide bonds. The van der Waals surface area contributed by atoms with Crippen molar-refractivity contribution in [3.05, 3.63) is 39.2 Å². The van der Waals surface area contributed by atoms with Gasteiger partial charge in [0, 0.05) is 4.47 Å². The van der Waals surface area contributed by atoms with Crippen molar-refractivity contribution in [1.82, 2.24) is 4.90 Å². The van der Waals surface area contributed by atoms with Crippen LogP contribution in [0.2, 0.25) is 0 Å². The highest BCUT2D eigenvalue weighted by Gasteiger charge is 2.42. The topological polar surface area (TPSA) is 54.5 Å². The fourth-order valence-corrected chi connectivity index (χ4v) is 6.00. The van der Waals surface area contributed by atoms with Gasteiger partial charge >= 0.3 is 0 Å². The van der Waals surface area contributed by atoms with E-state index in [1.807, 2.05) is 24.3 Å². The van der Waals surface area contributed by atoms with Crippen LogP contribution in [-0.2, 0) is 14.6 Å². The van der Waals surface area contributed by atoms with Gasteiger partial charge in [-0.3, -0.25) is 9.69 Å². The quantitative estimate of drug-likeness (QED) is 0.546. The number of hydrogen-bond acceptors (Lipinski definition) is 5. The third-order valence-electron chi connectivity index (χ3n) is 3.59. The maximum atomic E-state index is 12.6. The maximum absolute atomic E-state index is 12.6. The summed E-state index contributed by atoms with van der Waals surface area (Å²) in [5.41, 5.74) is 0.891. The van der Waals surface area contributed by atoms with E-state index < -0.39 is 9.84 Å². The number of halogens is 1. The molecule has 1 aromatic rings. The first-order valence-electron chi connectivity index (χ1n) is 6.59. The molecule has 4 nitrogen and oxygen atoms in total. The number of benzene rings is 1. The predicted molar refractivity (Wildman–Crippen MR) is 96.2 cm³/mol. The summed E-state index contributed by atoms with van der Waals surface area (Å²) in [4.78, 5) is 14.6. The molecule has 0 aromatic heterocycles. The number of thioether (sulfide) groups is 1. The first-order chi connectivity index (χ1) is 10.4. The van der Waals surface area contributed by atoms with Crippen molar-refractivity contribution in [3.63, 3.8) is 0 Å². The van der Waals surface area contributed by atoms with E-state index in [0.717, 1.165) is 10.0 Å². The van der Waals surface area contributed by atoms with E-state index >= 15 is 0 Å². The zero-order valence-corrected chi connectivity index (χ0v) is 15.4. The molecule has 2 aliphatic rings. The van der Waals surface area contributed by atoms with Crippen molar-refractivity contribution in [2.24, 2.45) is 0 Å². The summed E-state index contributed by atoms with van der Waals surface area (Å²) < 4.78 is 24.6. The number of sulfone groups is 1. The van der Waals surface area contributed by atoms with E-state index in [-0.39, 0.29) is 23.5 Å². The van der Waals surface area contributed by atoms with E-state index in [1.54, 1.807) is 6.08 Å². The third kappa shape index (κ3) is 3.15. The molecule has 0 aliphatic carbocycles. The van der Waals surface area contributed by atoms with Crippen LogP contribution in [0, 0.1) is 0 Å². The average Bonchev–Trinajstić information content (AvgIpc) is 2.92. The molecule has 3 rings (SSSR count). The van der Waals surface area contributed by atoms with Crippen LogP contribution in [0.5, 0.6) is 0 Å². The molecule has 0 radical (unpaired) electrons. The van der Waals surface area contributed by atoms with Crippen LogP contribution in [0.3, 0.4) is 0 Å². The molecule has 1 aromatic carbocycles. The fraction of sp³-hybridized carbons (Fsp3) is 0.286. The average molecular weight is 418 g/mol. The normalized spacial score (nSPS) is 26.1. The van der Waals surface area contributed by atoms with Gasteiger partial charge < -0.3 is 0 Å². The minimum absolute atomic E-state index is 0.00174. The van der Waals surface area contributed by atoms with Gasteiger partial charge in [-0.15, -0.1) is 0 Å². The Kier molecular flexibility index (Phi) is 4.46. The van der Waals surface area contributed by atoms with Crippen LogP contribution < -0.4 is 0 Å². The fourth-order valence-electron chi connectivity index (χ4n) is 2.51. The largest absolute Gasteiger partial charge is 0.289 e. The lowest BCUT2D eigenvalue weighted by molar-refractivity contribution is -0.123. The Labute approximate surface area is 147 Å². The molecule has 8 heteroatoms. The predicted octanol–water partition coefficient (Wildman–Crippen LogP) is 2.84. The maximum Gasteiger partial charge on any atom is 0.266 e. The Hall–Kier alpha value is -0.700. The van der Waals surface area contributed by atoms with E-state index in [4.69, 9.17) is 12.2 Å². The summed E-state index contributed by atoms with van der Waals surface area (Å²) in [6.45, 7) is 0. The molecule has 2 saturated heterocycles. The molecule has 0 saturated carbocycles. The number of thiocarbonyl (C=S) groups is 1. The van der Waals surface area contributed by atoms with E-state index in [9.17, 15) is 13.2 Å². The van der Waals surface area contributed by atoms with Gasteiger partial charge in [0.25, 0.3) is 5.91 Å². The van der Waals surface area contributed by atoms with Crippen molar-refractivity contribution < 1.29 is 13.2 Å². The SMILES string of the molecule is O=C1/C(=C\c2ccccc2Br)SC(=S)N1C1CCS(=O)(=O)C1. The highest BCUT2D eigenvalue weighted by Crippen LogP contribution is 2.36. The van der Waals surface area contributed by atoms with Crippen molar-refractivity contribution >= 4 is 66.1 Å². The standard InChI is InChI=1S/C14H12BrNO3S3/c15-11-4-2-1-3-9(11)7-12-13(17)16(14(20)21-12)10-5-6-22(18,19)8-10/h1-4,7,10H,5-6,8H2/b12-7+. The van der Waals surface area contributed by atoms with Gasteiger partial charge in [-0.2, -0.15) is 0 Å². The number of carbonyl (C=O) groups excluding carboxylic acids is 1. The molecular formula is C14H12BrNO3S3. The van der Waals surface area contributed by atoms with Crippen LogP contribution in [0.25, 0.3) is 6.08 Å². The van der Waals surface area contributed by atoms with Crippen molar-refractivity contribution in [1.29, 1.82) is 0 Å². The first kappa shape index (κ1) is 16.2. The summed E-state index contributed by atoms with van der Waals surface area (Å²) in [7, 11) is -3.05. The Morgan fingerprint density at radius 2 is 2.09 bits per heavy atom. The highest BCUT2D eigenvalue weighted by molar-refractivity contribution is 9.10. The van der Waals surface area contributed by atoms with Crippen molar-refractivity contribution in [2.75, 3.05) is 11.5 Å². The Bertz CT molecular complexity index is 788. The summed E-state index contributed by atoms with van der Waals surface area (Å²) in [6, 6.07) is 7.26. The molecule has 0 N–H and O–H groups in total. The van der Waals surface area contributed by atoms with Crippen LogP contribution in [0.15, 0.2) is 33.6 Å².